The maximum absolute atomic E-state index is 12.8. The summed E-state index contributed by atoms with van der Waals surface area (Å²) in [4.78, 5) is 11.0. The van der Waals surface area contributed by atoms with E-state index in [1.807, 2.05) is 0 Å². The van der Waals surface area contributed by atoms with Crippen LogP contribution in [0.25, 0.3) is 5.82 Å². The van der Waals surface area contributed by atoms with Crippen LogP contribution in [-0.2, 0) is 6.18 Å². The van der Waals surface area contributed by atoms with Crippen molar-refractivity contribution in [2.75, 3.05) is 11.9 Å². The number of halogens is 3. The summed E-state index contributed by atoms with van der Waals surface area (Å²) in [5.41, 5.74) is 0. The number of hydrogen-bond donors (Lipinski definition) is 1. The van der Waals surface area contributed by atoms with Crippen LogP contribution in [0.1, 0.15) is 24.4 Å². The summed E-state index contributed by atoms with van der Waals surface area (Å²) in [5.74, 6) is -0.172. The second-order valence-corrected chi connectivity index (χ2v) is 4.08. The number of alkyl halides is 3. The molecule has 0 amide bonds. The summed E-state index contributed by atoms with van der Waals surface area (Å²) in [6.07, 6.45) is -4.62. The number of aryl methyl sites for hydroxylation is 2. The number of anilines is 1. The second kappa shape index (κ2) is 5.06. The van der Waals surface area contributed by atoms with E-state index in [9.17, 15) is 13.2 Å². The van der Waals surface area contributed by atoms with Crippen LogP contribution >= 0.6 is 0 Å². The lowest BCUT2D eigenvalue weighted by Gasteiger charge is -2.11. The first-order valence-corrected chi connectivity index (χ1v) is 5.92. The first-order chi connectivity index (χ1) is 9.31. The second-order valence-electron chi connectivity index (χ2n) is 4.08. The molecule has 0 aromatic carbocycles. The molecule has 0 atom stereocenters. The molecule has 2 heterocycles. The van der Waals surface area contributed by atoms with Crippen LogP contribution in [0.5, 0.6) is 0 Å². The number of nitrogens with zero attached hydrogens (tertiary/aromatic N) is 5. The largest absolute Gasteiger partial charge is 0.451 e. The highest BCUT2D eigenvalue weighted by molar-refractivity contribution is 5.42. The van der Waals surface area contributed by atoms with Gasteiger partial charge in [-0.1, -0.05) is 0 Å². The Bertz CT molecular complexity index is 619. The van der Waals surface area contributed by atoms with E-state index in [0.717, 1.165) is 0 Å². The summed E-state index contributed by atoms with van der Waals surface area (Å²) in [5, 5.41) is 6.77. The van der Waals surface area contributed by atoms with Crippen molar-refractivity contribution in [2.24, 2.45) is 0 Å². The Morgan fingerprint density at radius 1 is 1.20 bits per heavy atom. The Hall–Kier alpha value is -2.19. The highest BCUT2D eigenvalue weighted by atomic mass is 19.4. The molecule has 2 aromatic heterocycles. The highest BCUT2D eigenvalue weighted by Crippen LogP contribution is 2.28. The Morgan fingerprint density at radius 3 is 2.40 bits per heavy atom. The van der Waals surface area contributed by atoms with Gasteiger partial charge in [-0.25, -0.2) is 15.0 Å². The molecule has 0 aliphatic carbocycles. The predicted octanol–water partition coefficient (Wildman–Crippen LogP) is 2.12. The molecule has 0 radical (unpaired) electrons. The van der Waals surface area contributed by atoms with Crippen molar-refractivity contribution in [2.45, 2.75) is 26.9 Å². The molecule has 9 heteroatoms. The maximum Gasteiger partial charge on any atom is 0.451 e. The molecule has 0 aliphatic rings. The third kappa shape index (κ3) is 2.86. The molecule has 1 N–H and O–H groups in total. The van der Waals surface area contributed by atoms with Crippen LogP contribution in [0.2, 0.25) is 0 Å². The number of rotatable bonds is 3. The molecule has 108 valence electrons. The Morgan fingerprint density at radius 2 is 1.90 bits per heavy atom. The first kappa shape index (κ1) is 14.2. The Labute approximate surface area is 113 Å². The Balaban J connectivity index is 2.57. The van der Waals surface area contributed by atoms with Gasteiger partial charge in [-0.05, 0) is 20.8 Å². The van der Waals surface area contributed by atoms with Crippen LogP contribution in [0.3, 0.4) is 0 Å². The van der Waals surface area contributed by atoms with E-state index < -0.39 is 12.0 Å². The fourth-order valence-electron chi connectivity index (χ4n) is 1.68. The minimum atomic E-state index is -4.62. The first-order valence-electron chi connectivity index (χ1n) is 5.92. The minimum absolute atomic E-state index is 0.0291. The average molecular weight is 286 g/mol. The smallest absolute Gasteiger partial charge is 0.370 e. The van der Waals surface area contributed by atoms with Crippen LogP contribution < -0.4 is 5.32 Å². The molecule has 2 aromatic rings. The Kier molecular flexibility index (Phi) is 3.60. The molecule has 0 saturated heterocycles. The van der Waals surface area contributed by atoms with Crippen molar-refractivity contribution < 1.29 is 13.2 Å². The maximum atomic E-state index is 12.8. The van der Waals surface area contributed by atoms with Crippen molar-refractivity contribution in [1.82, 2.24) is 24.7 Å². The van der Waals surface area contributed by atoms with E-state index in [1.54, 1.807) is 20.8 Å². The van der Waals surface area contributed by atoms with Crippen LogP contribution in [0.15, 0.2) is 6.07 Å². The summed E-state index contributed by atoms with van der Waals surface area (Å²) >= 11 is 0. The lowest BCUT2D eigenvalue weighted by Crippen LogP contribution is -2.16. The number of hydrogen-bond acceptors (Lipinski definition) is 5. The molecule has 0 spiro atoms. The van der Waals surface area contributed by atoms with Crippen LogP contribution in [0.4, 0.5) is 19.0 Å². The van der Waals surface area contributed by atoms with Gasteiger partial charge in [0.2, 0.25) is 5.82 Å². The molecule has 2 rings (SSSR count). The lowest BCUT2D eigenvalue weighted by atomic mass is 10.4. The SMILES string of the molecule is CCNc1cc(-n2nc(C)nc2C)nc(C(F)(F)F)n1. The van der Waals surface area contributed by atoms with Gasteiger partial charge in [0.05, 0.1) is 0 Å². The molecule has 0 aliphatic heterocycles. The van der Waals surface area contributed by atoms with E-state index in [2.05, 4.69) is 25.4 Å². The van der Waals surface area contributed by atoms with E-state index in [0.29, 0.717) is 18.2 Å². The molecule has 20 heavy (non-hydrogen) atoms. The summed E-state index contributed by atoms with van der Waals surface area (Å²) in [7, 11) is 0. The molecule has 0 bridgehead atoms. The van der Waals surface area contributed by atoms with E-state index >= 15 is 0 Å². The number of nitrogens with one attached hydrogen (secondary N) is 1. The van der Waals surface area contributed by atoms with Gasteiger partial charge in [0.15, 0.2) is 5.82 Å². The van der Waals surface area contributed by atoms with E-state index in [1.165, 1.54) is 10.7 Å². The quantitative estimate of drug-likeness (QED) is 0.936. The number of aromatic nitrogens is 5. The van der Waals surface area contributed by atoms with Crippen molar-refractivity contribution in [3.05, 3.63) is 23.5 Å². The lowest BCUT2D eigenvalue weighted by molar-refractivity contribution is -0.144. The summed E-state index contributed by atoms with van der Waals surface area (Å²) in [6, 6.07) is 1.40. The highest BCUT2D eigenvalue weighted by Gasteiger charge is 2.35. The molecule has 0 saturated carbocycles. The molecule has 0 unspecified atom stereocenters. The molecular weight excluding hydrogens is 273 g/mol. The zero-order valence-electron chi connectivity index (χ0n) is 11.2. The zero-order chi connectivity index (χ0) is 14.9. The van der Waals surface area contributed by atoms with Crippen molar-refractivity contribution in [1.29, 1.82) is 0 Å². The third-order valence-electron chi connectivity index (χ3n) is 2.42. The average Bonchev–Trinajstić information content (AvgIpc) is 2.67. The van der Waals surface area contributed by atoms with Crippen LogP contribution in [-0.4, -0.2) is 31.3 Å². The summed E-state index contributed by atoms with van der Waals surface area (Å²) < 4.78 is 39.7. The van der Waals surface area contributed by atoms with Gasteiger partial charge >= 0.3 is 6.18 Å². The van der Waals surface area contributed by atoms with Gasteiger partial charge in [-0.15, -0.1) is 5.10 Å². The molecule has 6 nitrogen and oxygen atoms in total. The fourth-order valence-corrected chi connectivity index (χ4v) is 1.68. The standard InChI is InChI=1S/C11H13F3N6/c1-4-15-8-5-9(18-10(17-8)11(12,13)14)20-7(3)16-6(2)19-20/h5H,4H2,1-3H3,(H,15,17,18). The van der Waals surface area contributed by atoms with Gasteiger partial charge in [0.1, 0.15) is 17.5 Å². The van der Waals surface area contributed by atoms with Gasteiger partial charge < -0.3 is 5.32 Å². The zero-order valence-corrected chi connectivity index (χ0v) is 11.2. The monoisotopic (exact) mass is 286 g/mol. The van der Waals surface area contributed by atoms with Crippen LogP contribution in [0, 0.1) is 13.8 Å². The van der Waals surface area contributed by atoms with E-state index in [4.69, 9.17) is 0 Å². The van der Waals surface area contributed by atoms with Crippen molar-refractivity contribution in [3.8, 4) is 5.82 Å². The fraction of sp³-hybridized carbons (Fsp3) is 0.455. The predicted molar refractivity (Wildman–Crippen MR) is 65.6 cm³/mol. The minimum Gasteiger partial charge on any atom is -0.370 e. The normalized spacial score (nSPS) is 11.7. The van der Waals surface area contributed by atoms with Gasteiger partial charge in [-0.2, -0.15) is 17.9 Å². The third-order valence-corrected chi connectivity index (χ3v) is 2.42. The van der Waals surface area contributed by atoms with E-state index in [-0.39, 0.29) is 11.6 Å². The van der Waals surface area contributed by atoms with Gasteiger partial charge in [0.25, 0.3) is 0 Å². The topological polar surface area (TPSA) is 68.5 Å². The summed E-state index contributed by atoms with van der Waals surface area (Å²) in [6.45, 7) is 5.51. The van der Waals surface area contributed by atoms with Gasteiger partial charge in [0, 0.05) is 12.6 Å². The molecule has 0 fully saturated rings. The van der Waals surface area contributed by atoms with Gasteiger partial charge in [-0.3, -0.25) is 0 Å². The van der Waals surface area contributed by atoms with Crippen molar-refractivity contribution in [3.63, 3.8) is 0 Å². The molecular formula is C11H13F3N6. The van der Waals surface area contributed by atoms with Crippen molar-refractivity contribution >= 4 is 5.82 Å².